The SMILES string of the molecule is Nc1cc(F)cc(F)c1NS(=O)(=O)CCc1ccncc1. The smallest absolute Gasteiger partial charge is 0.233 e. The second-order valence-corrected chi connectivity index (χ2v) is 6.22. The highest BCUT2D eigenvalue weighted by Crippen LogP contribution is 2.25. The predicted molar refractivity (Wildman–Crippen MR) is 76.1 cm³/mol. The van der Waals surface area contributed by atoms with E-state index in [2.05, 4.69) is 4.98 Å². The minimum atomic E-state index is -3.80. The van der Waals surface area contributed by atoms with Gasteiger partial charge in [0.1, 0.15) is 11.5 Å². The molecule has 8 heteroatoms. The summed E-state index contributed by atoms with van der Waals surface area (Å²) in [6.45, 7) is 0. The van der Waals surface area contributed by atoms with Crippen LogP contribution >= 0.6 is 0 Å². The third-order valence-electron chi connectivity index (χ3n) is 2.75. The number of anilines is 2. The van der Waals surface area contributed by atoms with Gasteiger partial charge in [-0.15, -0.1) is 0 Å². The molecule has 112 valence electrons. The fraction of sp³-hybridized carbons (Fsp3) is 0.154. The topological polar surface area (TPSA) is 85.1 Å². The fourth-order valence-corrected chi connectivity index (χ4v) is 2.84. The lowest BCUT2D eigenvalue weighted by atomic mass is 10.2. The van der Waals surface area contributed by atoms with E-state index in [1.54, 1.807) is 24.5 Å². The summed E-state index contributed by atoms with van der Waals surface area (Å²) < 4.78 is 52.3. The number of nitrogen functional groups attached to an aromatic ring is 1. The van der Waals surface area contributed by atoms with Crippen molar-refractivity contribution in [2.45, 2.75) is 6.42 Å². The Kier molecular flexibility index (Phi) is 4.37. The van der Waals surface area contributed by atoms with Crippen LogP contribution in [0.25, 0.3) is 0 Å². The third kappa shape index (κ3) is 4.12. The maximum absolute atomic E-state index is 13.5. The fourth-order valence-electron chi connectivity index (χ4n) is 1.71. The second-order valence-electron chi connectivity index (χ2n) is 4.38. The van der Waals surface area contributed by atoms with Crippen molar-refractivity contribution in [3.8, 4) is 0 Å². The molecule has 0 atom stereocenters. The molecular formula is C13H13F2N3O2S. The van der Waals surface area contributed by atoms with Crippen LogP contribution in [0.5, 0.6) is 0 Å². The number of aromatic nitrogens is 1. The molecule has 2 aromatic rings. The van der Waals surface area contributed by atoms with Crippen LogP contribution in [0.15, 0.2) is 36.7 Å². The lowest BCUT2D eigenvalue weighted by Gasteiger charge is -2.11. The molecule has 3 N–H and O–H groups in total. The van der Waals surface area contributed by atoms with Gasteiger partial charge in [-0.05, 0) is 30.2 Å². The van der Waals surface area contributed by atoms with Gasteiger partial charge in [-0.3, -0.25) is 9.71 Å². The maximum atomic E-state index is 13.5. The normalized spacial score (nSPS) is 11.3. The van der Waals surface area contributed by atoms with E-state index >= 15 is 0 Å². The van der Waals surface area contributed by atoms with Crippen molar-refractivity contribution in [3.05, 3.63) is 53.9 Å². The van der Waals surface area contributed by atoms with Crippen molar-refractivity contribution in [1.29, 1.82) is 0 Å². The molecule has 21 heavy (non-hydrogen) atoms. The quantitative estimate of drug-likeness (QED) is 0.826. The van der Waals surface area contributed by atoms with Gasteiger partial charge in [0.25, 0.3) is 0 Å². The molecular weight excluding hydrogens is 300 g/mol. The summed E-state index contributed by atoms with van der Waals surface area (Å²) in [7, 11) is -3.80. The first-order chi connectivity index (χ1) is 9.87. The molecule has 1 heterocycles. The predicted octanol–water partition coefficient (Wildman–Crippen LogP) is 1.93. The number of hydrogen-bond acceptors (Lipinski definition) is 4. The highest BCUT2D eigenvalue weighted by atomic mass is 32.2. The van der Waals surface area contributed by atoms with Crippen molar-refractivity contribution >= 4 is 21.4 Å². The van der Waals surface area contributed by atoms with Crippen LogP contribution in [0.2, 0.25) is 0 Å². The average Bonchev–Trinajstić information content (AvgIpc) is 2.42. The van der Waals surface area contributed by atoms with Crippen LogP contribution in [0.1, 0.15) is 5.56 Å². The molecule has 1 aromatic carbocycles. The largest absolute Gasteiger partial charge is 0.397 e. The number of halogens is 2. The van der Waals surface area contributed by atoms with Crippen molar-refractivity contribution in [1.82, 2.24) is 4.98 Å². The molecule has 0 saturated carbocycles. The number of benzene rings is 1. The number of nitrogens with zero attached hydrogens (tertiary/aromatic N) is 1. The van der Waals surface area contributed by atoms with Gasteiger partial charge in [-0.25, -0.2) is 17.2 Å². The Balaban J connectivity index is 2.11. The number of aryl methyl sites for hydroxylation is 1. The van der Waals surface area contributed by atoms with E-state index in [4.69, 9.17) is 5.73 Å². The van der Waals surface area contributed by atoms with E-state index in [0.29, 0.717) is 6.07 Å². The lowest BCUT2D eigenvalue weighted by molar-refractivity contribution is 0.583. The van der Waals surface area contributed by atoms with Gasteiger partial charge in [0.2, 0.25) is 10.0 Å². The highest BCUT2D eigenvalue weighted by molar-refractivity contribution is 7.92. The van der Waals surface area contributed by atoms with Gasteiger partial charge in [-0.1, -0.05) is 0 Å². The minimum absolute atomic E-state index is 0.237. The summed E-state index contributed by atoms with van der Waals surface area (Å²) in [6.07, 6.45) is 3.33. The molecule has 1 aromatic heterocycles. The monoisotopic (exact) mass is 313 g/mol. The number of sulfonamides is 1. The van der Waals surface area contributed by atoms with Crippen molar-refractivity contribution in [3.63, 3.8) is 0 Å². The molecule has 0 aliphatic heterocycles. The van der Waals surface area contributed by atoms with Crippen LogP contribution in [-0.4, -0.2) is 19.2 Å². The Labute approximate surface area is 120 Å². The molecule has 0 saturated heterocycles. The van der Waals surface area contributed by atoms with Crippen LogP contribution in [0, 0.1) is 11.6 Å². The molecule has 2 rings (SSSR count). The van der Waals surface area contributed by atoms with Gasteiger partial charge >= 0.3 is 0 Å². The maximum Gasteiger partial charge on any atom is 0.233 e. The number of nitrogens with two attached hydrogens (primary N) is 1. The van der Waals surface area contributed by atoms with Crippen LogP contribution in [0.3, 0.4) is 0 Å². The molecule has 0 amide bonds. The van der Waals surface area contributed by atoms with Gasteiger partial charge in [0.05, 0.1) is 11.4 Å². The molecule has 0 radical (unpaired) electrons. The summed E-state index contributed by atoms with van der Waals surface area (Å²) in [6, 6.07) is 4.78. The summed E-state index contributed by atoms with van der Waals surface area (Å²) in [5, 5.41) is 0. The van der Waals surface area contributed by atoms with Crippen LogP contribution in [0.4, 0.5) is 20.2 Å². The van der Waals surface area contributed by atoms with E-state index in [-0.39, 0.29) is 17.9 Å². The zero-order chi connectivity index (χ0) is 15.5. The van der Waals surface area contributed by atoms with Crippen molar-refractivity contribution in [2.75, 3.05) is 16.2 Å². The van der Waals surface area contributed by atoms with Crippen molar-refractivity contribution < 1.29 is 17.2 Å². The average molecular weight is 313 g/mol. The Bertz CT molecular complexity index is 713. The standard InChI is InChI=1S/C13H13F2N3O2S/c14-10-7-11(15)13(12(16)8-10)18-21(19,20)6-3-9-1-4-17-5-2-9/h1-2,4-5,7-8,18H,3,6,16H2. The van der Waals surface area contributed by atoms with Crippen molar-refractivity contribution in [2.24, 2.45) is 0 Å². The van der Waals surface area contributed by atoms with Gasteiger partial charge in [-0.2, -0.15) is 0 Å². The molecule has 5 nitrogen and oxygen atoms in total. The van der Waals surface area contributed by atoms with Crippen LogP contribution < -0.4 is 10.5 Å². The Morgan fingerprint density at radius 2 is 1.86 bits per heavy atom. The van der Waals surface area contributed by atoms with Gasteiger partial charge < -0.3 is 5.73 Å². The van der Waals surface area contributed by atoms with E-state index < -0.39 is 27.3 Å². The number of rotatable bonds is 5. The lowest BCUT2D eigenvalue weighted by Crippen LogP contribution is -2.20. The first-order valence-corrected chi connectivity index (χ1v) is 7.66. The van der Waals surface area contributed by atoms with Gasteiger partial charge in [0.15, 0.2) is 5.82 Å². The van der Waals surface area contributed by atoms with Gasteiger partial charge in [0, 0.05) is 18.5 Å². The third-order valence-corrected chi connectivity index (χ3v) is 4.01. The Morgan fingerprint density at radius 1 is 1.19 bits per heavy atom. The minimum Gasteiger partial charge on any atom is -0.397 e. The van der Waals surface area contributed by atoms with E-state index in [1.807, 2.05) is 4.72 Å². The zero-order valence-electron chi connectivity index (χ0n) is 10.9. The van der Waals surface area contributed by atoms with Crippen LogP contribution in [-0.2, 0) is 16.4 Å². The van der Waals surface area contributed by atoms with E-state index in [0.717, 1.165) is 11.6 Å². The first kappa shape index (κ1) is 15.2. The molecule has 0 aliphatic carbocycles. The van der Waals surface area contributed by atoms with E-state index in [1.165, 1.54) is 0 Å². The summed E-state index contributed by atoms with van der Waals surface area (Å²) in [5.41, 5.74) is 5.46. The summed E-state index contributed by atoms with van der Waals surface area (Å²) in [4.78, 5) is 3.82. The first-order valence-electron chi connectivity index (χ1n) is 6.01. The second kappa shape index (κ2) is 6.04. The Morgan fingerprint density at radius 3 is 2.48 bits per heavy atom. The molecule has 0 bridgehead atoms. The number of pyridine rings is 1. The number of hydrogen-bond donors (Lipinski definition) is 2. The summed E-state index contributed by atoms with van der Waals surface area (Å²) >= 11 is 0. The molecule has 0 spiro atoms. The Hall–Kier alpha value is -2.22. The zero-order valence-corrected chi connectivity index (χ0v) is 11.7. The molecule has 0 aliphatic rings. The van der Waals surface area contributed by atoms with E-state index in [9.17, 15) is 17.2 Å². The molecule has 0 fully saturated rings. The number of nitrogens with one attached hydrogen (secondary N) is 1. The molecule has 0 unspecified atom stereocenters. The highest BCUT2D eigenvalue weighted by Gasteiger charge is 2.16. The summed E-state index contributed by atoms with van der Waals surface area (Å²) in [5.74, 6) is -2.18.